The van der Waals surface area contributed by atoms with Crippen molar-refractivity contribution in [2.45, 2.75) is 44.2 Å². The largest absolute Gasteiger partial charge is 0.311 e. The lowest BCUT2D eigenvalue weighted by molar-refractivity contribution is 0.111. The summed E-state index contributed by atoms with van der Waals surface area (Å²) in [7, 11) is 0. The normalized spacial score (nSPS) is 41.5. The molecule has 0 bridgehead atoms. The standard InChI is InChI=1S/C11H20N2/c1-3-9(4-1)11-8-13-6-2-5-10(13)7-12-11/h9-12H,1-8H2. The van der Waals surface area contributed by atoms with Gasteiger partial charge >= 0.3 is 0 Å². The van der Waals surface area contributed by atoms with E-state index in [0.717, 1.165) is 18.0 Å². The second kappa shape index (κ2) is 3.25. The van der Waals surface area contributed by atoms with Gasteiger partial charge < -0.3 is 5.32 Å². The fraction of sp³-hybridized carbons (Fsp3) is 1.00. The minimum absolute atomic E-state index is 0.836. The van der Waals surface area contributed by atoms with Crippen LogP contribution in [0.25, 0.3) is 0 Å². The molecule has 0 spiro atoms. The summed E-state index contributed by atoms with van der Waals surface area (Å²) in [6.45, 7) is 3.98. The molecule has 2 saturated heterocycles. The first kappa shape index (κ1) is 8.25. The summed E-state index contributed by atoms with van der Waals surface area (Å²) in [6, 6.07) is 1.72. The van der Waals surface area contributed by atoms with Crippen molar-refractivity contribution >= 4 is 0 Å². The summed E-state index contributed by atoms with van der Waals surface area (Å²) in [5.41, 5.74) is 0. The zero-order valence-corrected chi connectivity index (χ0v) is 8.34. The van der Waals surface area contributed by atoms with Gasteiger partial charge in [-0.25, -0.2) is 0 Å². The monoisotopic (exact) mass is 180 g/mol. The number of nitrogens with one attached hydrogen (secondary N) is 1. The molecule has 0 radical (unpaired) electrons. The summed E-state index contributed by atoms with van der Waals surface area (Å²) >= 11 is 0. The van der Waals surface area contributed by atoms with Gasteiger partial charge in [0.15, 0.2) is 0 Å². The van der Waals surface area contributed by atoms with E-state index in [0.29, 0.717) is 0 Å². The molecule has 1 aliphatic carbocycles. The first-order valence-corrected chi connectivity index (χ1v) is 5.91. The molecule has 2 aliphatic heterocycles. The van der Waals surface area contributed by atoms with E-state index in [1.807, 2.05) is 0 Å². The third kappa shape index (κ3) is 1.40. The van der Waals surface area contributed by atoms with E-state index >= 15 is 0 Å². The molecule has 0 amide bonds. The first-order chi connectivity index (χ1) is 6.43. The lowest BCUT2D eigenvalue weighted by Gasteiger charge is -2.42. The van der Waals surface area contributed by atoms with Crippen LogP contribution < -0.4 is 5.32 Å². The number of rotatable bonds is 1. The summed E-state index contributed by atoms with van der Waals surface area (Å²) in [5.74, 6) is 1.02. The molecule has 3 aliphatic rings. The Morgan fingerprint density at radius 2 is 2.00 bits per heavy atom. The van der Waals surface area contributed by atoms with Crippen LogP contribution in [0.5, 0.6) is 0 Å². The molecular formula is C11H20N2. The Kier molecular flexibility index (Phi) is 2.06. The molecule has 0 aromatic heterocycles. The van der Waals surface area contributed by atoms with Gasteiger partial charge in [-0.05, 0) is 38.1 Å². The van der Waals surface area contributed by atoms with Gasteiger partial charge in [0.05, 0.1) is 0 Å². The van der Waals surface area contributed by atoms with Crippen molar-refractivity contribution in [1.82, 2.24) is 10.2 Å². The van der Waals surface area contributed by atoms with Crippen LogP contribution in [0.1, 0.15) is 32.1 Å². The fourth-order valence-electron chi connectivity index (χ4n) is 3.13. The molecule has 1 saturated carbocycles. The Morgan fingerprint density at radius 3 is 2.77 bits per heavy atom. The van der Waals surface area contributed by atoms with Crippen molar-refractivity contribution in [2.75, 3.05) is 19.6 Å². The smallest absolute Gasteiger partial charge is 0.0224 e. The van der Waals surface area contributed by atoms with Crippen molar-refractivity contribution in [3.63, 3.8) is 0 Å². The van der Waals surface area contributed by atoms with Crippen molar-refractivity contribution in [3.05, 3.63) is 0 Å². The topological polar surface area (TPSA) is 15.3 Å². The Labute approximate surface area is 80.7 Å². The highest BCUT2D eigenvalue weighted by atomic mass is 15.2. The molecule has 1 N–H and O–H groups in total. The van der Waals surface area contributed by atoms with Crippen LogP contribution in [0.3, 0.4) is 0 Å². The number of piperazine rings is 1. The molecule has 2 nitrogen and oxygen atoms in total. The van der Waals surface area contributed by atoms with Gasteiger partial charge in [0, 0.05) is 25.2 Å². The van der Waals surface area contributed by atoms with Gasteiger partial charge in [0.2, 0.25) is 0 Å². The fourth-order valence-corrected chi connectivity index (χ4v) is 3.13. The van der Waals surface area contributed by atoms with Gasteiger partial charge in [-0.3, -0.25) is 4.90 Å². The van der Waals surface area contributed by atoms with Gasteiger partial charge in [-0.1, -0.05) is 6.42 Å². The lowest BCUT2D eigenvalue weighted by atomic mass is 9.79. The number of hydrogen-bond acceptors (Lipinski definition) is 2. The zero-order chi connectivity index (χ0) is 8.67. The molecule has 2 unspecified atom stereocenters. The Hall–Kier alpha value is -0.0800. The molecule has 0 aromatic rings. The third-order valence-corrected chi connectivity index (χ3v) is 4.26. The van der Waals surface area contributed by atoms with Crippen molar-refractivity contribution in [1.29, 1.82) is 0 Å². The molecule has 3 fully saturated rings. The van der Waals surface area contributed by atoms with E-state index in [1.165, 1.54) is 51.7 Å². The van der Waals surface area contributed by atoms with E-state index in [-0.39, 0.29) is 0 Å². The maximum absolute atomic E-state index is 3.75. The Balaban J connectivity index is 1.60. The number of hydrogen-bond donors (Lipinski definition) is 1. The number of fused-ring (bicyclic) bond motifs is 1. The molecular weight excluding hydrogens is 160 g/mol. The van der Waals surface area contributed by atoms with Gasteiger partial charge in [0.25, 0.3) is 0 Å². The van der Waals surface area contributed by atoms with Crippen LogP contribution in [0.4, 0.5) is 0 Å². The highest BCUT2D eigenvalue weighted by molar-refractivity contribution is 4.94. The summed E-state index contributed by atoms with van der Waals surface area (Å²) in [4.78, 5) is 2.72. The van der Waals surface area contributed by atoms with Crippen molar-refractivity contribution in [3.8, 4) is 0 Å². The maximum atomic E-state index is 3.75. The van der Waals surface area contributed by atoms with Crippen molar-refractivity contribution < 1.29 is 0 Å². The van der Waals surface area contributed by atoms with E-state index in [1.54, 1.807) is 0 Å². The maximum Gasteiger partial charge on any atom is 0.0224 e. The minimum Gasteiger partial charge on any atom is -0.311 e. The lowest BCUT2D eigenvalue weighted by Crippen LogP contribution is -2.57. The van der Waals surface area contributed by atoms with E-state index in [9.17, 15) is 0 Å². The zero-order valence-electron chi connectivity index (χ0n) is 8.34. The average molecular weight is 180 g/mol. The predicted octanol–water partition coefficient (Wildman–Crippen LogP) is 1.22. The van der Waals surface area contributed by atoms with Crippen LogP contribution in [0.15, 0.2) is 0 Å². The van der Waals surface area contributed by atoms with Crippen LogP contribution in [0, 0.1) is 5.92 Å². The molecule has 2 atom stereocenters. The highest BCUT2D eigenvalue weighted by Gasteiger charge is 2.36. The van der Waals surface area contributed by atoms with E-state index < -0.39 is 0 Å². The predicted molar refractivity (Wildman–Crippen MR) is 53.7 cm³/mol. The van der Waals surface area contributed by atoms with Gasteiger partial charge in [0.1, 0.15) is 0 Å². The number of nitrogens with zero attached hydrogens (tertiary/aromatic N) is 1. The van der Waals surface area contributed by atoms with Gasteiger partial charge in [-0.15, -0.1) is 0 Å². The van der Waals surface area contributed by atoms with Crippen LogP contribution >= 0.6 is 0 Å². The van der Waals surface area contributed by atoms with E-state index in [4.69, 9.17) is 0 Å². The minimum atomic E-state index is 0.836. The molecule has 74 valence electrons. The molecule has 2 heteroatoms. The highest BCUT2D eigenvalue weighted by Crippen LogP contribution is 2.32. The molecule has 0 aromatic carbocycles. The molecule has 13 heavy (non-hydrogen) atoms. The second-order valence-corrected chi connectivity index (χ2v) is 5.00. The summed E-state index contributed by atoms with van der Waals surface area (Å²) in [5, 5.41) is 3.75. The quantitative estimate of drug-likeness (QED) is 0.653. The summed E-state index contributed by atoms with van der Waals surface area (Å²) < 4.78 is 0. The SMILES string of the molecule is C1CC(C2CN3CCCC3CN2)C1. The second-order valence-electron chi connectivity index (χ2n) is 5.00. The average Bonchev–Trinajstić information content (AvgIpc) is 2.47. The summed E-state index contributed by atoms with van der Waals surface area (Å²) in [6.07, 6.45) is 7.31. The third-order valence-electron chi connectivity index (χ3n) is 4.26. The Morgan fingerprint density at radius 1 is 1.08 bits per heavy atom. The first-order valence-electron chi connectivity index (χ1n) is 5.91. The Bertz CT molecular complexity index is 189. The van der Waals surface area contributed by atoms with Gasteiger partial charge in [-0.2, -0.15) is 0 Å². The van der Waals surface area contributed by atoms with Crippen LogP contribution in [-0.4, -0.2) is 36.6 Å². The molecule has 3 rings (SSSR count). The van der Waals surface area contributed by atoms with Crippen molar-refractivity contribution in [2.24, 2.45) is 5.92 Å². The molecule has 2 heterocycles. The van der Waals surface area contributed by atoms with Crippen LogP contribution in [-0.2, 0) is 0 Å². The van der Waals surface area contributed by atoms with E-state index in [2.05, 4.69) is 10.2 Å². The van der Waals surface area contributed by atoms with Crippen LogP contribution in [0.2, 0.25) is 0 Å².